The number of aromatic nitrogens is 3. The minimum Gasteiger partial charge on any atom is -0.492 e. The van der Waals surface area contributed by atoms with Crippen molar-refractivity contribution in [3.05, 3.63) is 59.8 Å². The number of para-hydroxylation sites is 1. The number of ether oxygens (including phenoxy) is 1. The number of amides is 1. The van der Waals surface area contributed by atoms with Gasteiger partial charge in [0.25, 0.3) is 5.91 Å². The van der Waals surface area contributed by atoms with Crippen LogP contribution in [0.1, 0.15) is 36.8 Å². The maximum absolute atomic E-state index is 13.0. The van der Waals surface area contributed by atoms with Crippen LogP contribution in [0.25, 0.3) is 15.3 Å². The number of benzene rings is 2. The third kappa shape index (κ3) is 4.93. The second kappa shape index (κ2) is 10.1. The standard InChI is InChI=1S/C24H27N5O4S2/c1-5-28(6-2)35(31,32)18-13-11-17(12-14-18)23(30)25-21-15-16(4)27-29(21)24-26-22-19(33-7-3)9-8-10-20(22)34-24/h8-15H,5-7H2,1-4H3,(H,25,30). The number of carbonyl (C=O) groups excluding carboxylic acids is 1. The van der Waals surface area contributed by atoms with Crippen LogP contribution in [0.4, 0.5) is 5.82 Å². The molecule has 0 atom stereocenters. The summed E-state index contributed by atoms with van der Waals surface area (Å²) in [7, 11) is -3.59. The number of nitrogens with zero attached hydrogens (tertiary/aromatic N) is 4. The molecule has 9 nitrogen and oxygen atoms in total. The predicted octanol–water partition coefficient (Wildman–Crippen LogP) is 4.47. The Morgan fingerprint density at radius 3 is 2.49 bits per heavy atom. The van der Waals surface area contributed by atoms with Crippen LogP contribution in [0.2, 0.25) is 0 Å². The smallest absolute Gasteiger partial charge is 0.256 e. The number of sulfonamides is 1. The molecule has 0 saturated carbocycles. The number of carbonyl (C=O) groups is 1. The zero-order chi connectivity index (χ0) is 25.2. The zero-order valence-corrected chi connectivity index (χ0v) is 21.6. The van der Waals surface area contributed by atoms with Crippen molar-refractivity contribution in [2.75, 3.05) is 25.0 Å². The van der Waals surface area contributed by atoms with Crippen molar-refractivity contribution in [1.29, 1.82) is 0 Å². The summed E-state index contributed by atoms with van der Waals surface area (Å²) < 4.78 is 35.0. The molecule has 35 heavy (non-hydrogen) atoms. The highest BCUT2D eigenvalue weighted by atomic mass is 32.2. The molecule has 2 aromatic heterocycles. The normalized spacial score (nSPS) is 11.8. The molecule has 0 spiro atoms. The number of fused-ring (bicyclic) bond motifs is 1. The van der Waals surface area contributed by atoms with Gasteiger partial charge in [0.15, 0.2) is 0 Å². The van der Waals surface area contributed by atoms with Gasteiger partial charge in [-0.05, 0) is 50.2 Å². The van der Waals surface area contributed by atoms with Gasteiger partial charge in [0.1, 0.15) is 17.1 Å². The highest BCUT2D eigenvalue weighted by molar-refractivity contribution is 7.89. The van der Waals surface area contributed by atoms with Gasteiger partial charge in [-0.15, -0.1) is 0 Å². The molecular formula is C24H27N5O4S2. The van der Waals surface area contributed by atoms with E-state index in [-0.39, 0.29) is 10.8 Å². The lowest BCUT2D eigenvalue weighted by Crippen LogP contribution is -2.30. The van der Waals surface area contributed by atoms with E-state index in [1.807, 2.05) is 32.0 Å². The Labute approximate surface area is 208 Å². The van der Waals surface area contributed by atoms with Gasteiger partial charge in [-0.1, -0.05) is 31.3 Å². The maximum Gasteiger partial charge on any atom is 0.256 e. The molecule has 0 aliphatic carbocycles. The monoisotopic (exact) mass is 513 g/mol. The van der Waals surface area contributed by atoms with Crippen LogP contribution in [-0.2, 0) is 10.0 Å². The molecule has 11 heteroatoms. The Hall–Kier alpha value is -3.28. The summed E-state index contributed by atoms with van der Waals surface area (Å²) in [6, 6.07) is 13.4. The number of anilines is 1. The molecular weight excluding hydrogens is 486 g/mol. The highest BCUT2D eigenvalue weighted by Gasteiger charge is 2.22. The Balaban J connectivity index is 1.60. The number of hydrogen-bond acceptors (Lipinski definition) is 7. The van der Waals surface area contributed by atoms with Gasteiger partial charge < -0.3 is 10.1 Å². The number of nitrogens with one attached hydrogen (secondary N) is 1. The van der Waals surface area contributed by atoms with Gasteiger partial charge in [-0.25, -0.2) is 13.4 Å². The van der Waals surface area contributed by atoms with Crippen LogP contribution in [0, 0.1) is 6.92 Å². The van der Waals surface area contributed by atoms with E-state index in [9.17, 15) is 13.2 Å². The quantitative estimate of drug-likeness (QED) is 0.354. The molecule has 0 radical (unpaired) electrons. The van der Waals surface area contributed by atoms with Gasteiger partial charge in [0, 0.05) is 24.7 Å². The molecule has 0 saturated heterocycles. The molecule has 0 aliphatic rings. The van der Waals surface area contributed by atoms with E-state index in [2.05, 4.69) is 10.4 Å². The molecule has 4 aromatic rings. The van der Waals surface area contributed by atoms with E-state index in [0.717, 1.165) is 10.2 Å². The number of aryl methyl sites for hydroxylation is 1. The van der Waals surface area contributed by atoms with E-state index in [1.165, 1.54) is 39.9 Å². The summed E-state index contributed by atoms with van der Waals surface area (Å²) in [5, 5.41) is 7.97. The average Bonchev–Trinajstić information content (AvgIpc) is 3.43. The lowest BCUT2D eigenvalue weighted by Gasteiger charge is -2.18. The van der Waals surface area contributed by atoms with Crippen LogP contribution >= 0.6 is 11.3 Å². The number of rotatable bonds is 9. The Morgan fingerprint density at radius 1 is 1.11 bits per heavy atom. The fraction of sp³-hybridized carbons (Fsp3) is 0.292. The van der Waals surface area contributed by atoms with E-state index in [0.29, 0.717) is 47.7 Å². The van der Waals surface area contributed by atoms with Crippen molar-refractivity contribution in [1.82, 2.24) is 19.1 Å². The van der Waals surface area contributed by atoms with Crippen molar-refractivity contribution in [2.45, 2.75) is 32.6 Å². The number of hydrogen-bond donors (Lipinski definition) is 1. The van der Waals surface area contributed by atoms with Gasteiger partial charge in [0.2, 0.25) is 15.2 Å². The van der Waals surface area contributed by atoms with E-state index >= 15 is 0 Å². The van der Waals surface area contributed by atoms with Gasteiger partial charge in [-0.2, -0.15) is 14.1 Å². The lowest BCUT2D eigenvalue weighted by atomic mass is 10.2. The second-order valence-electron chi connectivity index (χ2n) is 7.68. The molecule has 1 N–H and O–H groups in total. The molecule has 1 amide bonds. The lowest BCUT2D eigenvalue weighted by molar-refractivity contribution is 0.102. The highest BCUT2D eigenvalue weighted by Crippen LogP contribution is 2.32. The van der Waals surface area contributed by atoms with E-state index < -0.39 is 10.0 Å². The second-order valence-corrected chi connectivity index (χ2v) is 10.6. The van der Waals surface area contributed by atoms with Gasteiger partial charge in [-0.3, -0.25) is 4.79 Å². The minimum absolute atomic E-state index is 0.151. The summed E-state index contributed by atoms with van der Waals surface area (Å²) in [4.78, 5) is 17.8. The molecule has 4 rings (SSSR count). The van der Waals surface area contributed by atoms with Crippen LogP contribution in [0.15, 0.2) is 53.4 Å². The summed E-state index contributed by atoms with van der Waals surface area (Å²) in [5.41, 5.74) is 1.78. The average molecular weight is 514 g/mol. The predicted molar refractivity (Wildman–Crippen MR) is 137 cm³/mol. The van der Waals surface area contributed by atoms with Crippen LogP contribution in [-0.4, -0.2) is 53.1 Å². The minimum atomic E-state index is -3.59. The summed E-state index contributed by atoms with van der Waals surface area (Å²) >= 11 is 1.44. The molecule has 2 heterocycles. The first kappa shape index (κ1) is 24.8. The summed E-state index contributed by atoms with van der Waals surface area (Å²) in [5.74, 6) is 0.778. The third-order valence-corrected chi connectivity index (χ3v) is 8.44. The van der Waals surface area contributed by atoms with E-state index in [4.69, 9.17) is 9.72 Å². The van der Waals surface area contributed by atoms with Crippen molar-refractivity contribution < 1.29 is 17.9 Å². The van der Waals surface area contributed by atoms with Crippen LogP contribution in [0.5, 0.6) is 5.75 Å². The third-order valence-electron chi connectivity index (χ3n) is 5.38. The Kier molecular flexibility index (Phi) is 7.20. The van der Waals surface area contributed by atoms with Crippen molar-refractivity contribution in [2.24, 2.45) is 0 Å². The first-order valence-electron chi connectivity index (χ1n) is 11.3. The summed E-state index contributed by atoms with van der Waals surface area (Å²) in [6.07, 6.45) is 0. The van der Waals surface area contributed by atoms with E-state index in [1.54, 1.807) is 24.6 Å². The van der Waals surface area contributed by atoms with Crippen LogP contribution in [0.3, 0.4) is 0 Å². The topological polar surface area (TPSA) is 106 Å². The van der Waals surface area contributed by atoms with Crippen molar-refractivity contribution in [3.8, 4) is 10.9 Å². The van der Waals surface area contributed by atoms with Crippen molar-refractivity contribution >= 4 is 43.3 Å². The number of thiazole rings is 1. The first-order chi connectivity index (χ1) is 16.8. The van der Waals surface area contributed by atoms with Gasteiger partial charge in [0.05, 0.1) is 21.9 Å². The van der Waals surface area contributed by atoms with Crippen molar-refractivity contribution in [3.63, 3.8) is 0 Å². The molecule has 0 fully saturated rings. The molecule has 184 valence electrons. The van der Waals surface area contributed by atoms with Gasteiger partial charge >= 0.3 is 0 Å². The fourth-order valence-electron chi connectivity index (χ4n) is 3.69. The maximum atomic E-state index is 13.0. The first-order valence-corrected chi connectivity index (χ1v) is 13.5. The molecule has 0 bridgehead atoms. The zero-order valence-electron chi connectivity index (χ0n) is 20.0. The fourth-order valence-corrected chi connectivity index (χ4v) is 6.09. The Morgan fingerprint density at radius 2 is 1.83 bits per heavy atom. The summed E-state index contributed by atoms with van der Waals surface area (Å²) in [6.45, 7) is 8.61. The molecule has 2 aromatic carbocycles. The largest absolute Gasteiger partial charge is 0.492 e. The Bertz CT molecular complexity index is 1460. The SMILES string of the molecule is CCOc1cccc2sc(-n3nc(C)cc3NC(=O)c3ccc(S(=O)(=O)N(CC)CC)cc3)nc12. The molecule has 0 aliphatic heterocycles. The van der Waals surface area contributed by atoms with Crippen LogP contribution < -0.4 is 10.1 Å². The molecule has 0 unspecified atom stereocenters.